The highest BCUT2D eigenvalue weighted by molar-refractivity contribution is 9.10. The van der Waals surface area contributed by atoms with Crippen molar-refractivity contribution in [2.75, 3.05) is 12.0 Å². The van der Waals surface area contributed by atoms with Crippen molar-refractivity contribution in [1.82, 2.24) is 9.97 Å². The molecule has 0 bridgehead atoms. The SMILES string of the molecule is CC(C)CCCOc1ncnc(NN)c1Br. The van der Waals surface area contributed by atoms with Gasteiger partial charge in [0, 0.05) is 0 Å². The van der Waals surface area contributed by atoms with E-state index in [0.717, 1.165) is 12.8 Å². The van der Waals surface area contributed by atoms with Crippen LogP contribution in [-0.2, 0) is 0 Å². The first-order valence-electron chi connectivity index (χ1n) is 5.25. The van der Waals surface area contributed by atoms with Gasteiger partial charge in [-0.2, -0.15) is 0 Å². The molecule has 0 aliphatic rings. The maximum atomic E-state index is 5.54. The lowest BCUT2D eigenvalue weighted by Crippen LogP contribution is -2.10. The zero-order valence-electron chi connectivity index (χ0n) is 9.53. The number of anilines is 1. The van der Waals surface area contributed by atoms with E-state index < -0.39 is 0 Å². The summed E-state index contributed by atoms with van der Waals surface area (Å²) in [7, 11) is 0. The number of hydrogen-bond acceptors (Lipinski definition) is 5. The van der Waals surface area contributed by atoms with Crippen molar-refractivity contribution in [3.63, 3.8) is 0 Å². The molecule has 0 aliphatic carbocycles. The second kappa shape index (κ2) is 6.65. The van der Waals surface area contributed by atoms with Crippen molar-refractivity contribution in [1.29, 1.82) is 0 Å². The summed E-state index contributed by atoms with van der Waals surface area (Å²) in [5.74, 6) is 7.02. The Hall–Kier alpha value is -0.880. The fourth-order valence-corrected chi connectivity index (χ4v) is 1.65. The van der Waals surface area contributed by atoms with Crippen LogP contribution in [0.1, 0.15) is 26.7 Å². The summed E-state index contributed by atoms with van der Waals surface area (Å²) in [5.41, 5.74) is 2.47. The zero-order chi connectivity index (χ0) is 12.0. The summed E-state index contributed by atoms with van der Waals surface area (Å²) >= 11 is 3.33. The van der Waals surface area contributed by atoms with E-state index in [1.165, 1.54) is 6.33 Å². The van der Waals surface area contributed by atoms with Crippen LogP contribution in [0.5, 0.6) is 5.88 Å². The minimum atomic E-state index is 0.520. The van der Waals surface area contributed by atoms with Gasteiger partial charge >= 0.3 is 0 Å². The van der Waals surface area contributed by atoms with Crippen LogP contribution in [0.2, 0.25) is 0 Å². The van der Waals surface area contributed by atoms with Crippen LogP contribution in [0.15, 0.2) is 10.8 Å². The van der Waals surface area contributed by atoms with E-state index in [9.17, 15) is 0 Å². The molecule has 90 valence electrons. The average Bonchev–Trinajstić information content (AvgIpc) is 2.26. The predicted octanol–water partition coefficient (Wildman–Crippen LogP) is 2.34. The molecule has 1 aromatic rings. The Balaban J connectivity index is 2.47. The van der Waals surface area contributed by atoms with E-state index >= 15 is 0 Å². The maximum Gasteiger partial charge on any atom is 0.233 e. The number of nitrogens with zero attached hydrogens (tertiary/aromatic N) is 2. The van der Waals surface area contributed by atoms with Crippen LogP contribution < -0.4 is 16.0 Å². The highest BCUT2D eigenvalue weighted by Gasteiger charge is 2.08. The summed E-state index contributed by atoms with van der Waals surface area (Å²) in [6.07, 6.45) is 3.57. The number of halogens is 1. The number of nitrogens with one attached hydrogen (secondary N) is 1. The lowest BCUT2D eigenvalue weighted by molar-refractivity contribution is 0.285. The van der Waals surface area contributed by atoms with Crippen molar-refractivity contribution in [2.45, 2.75) is 26.7 Å². The summed E-state index contributed by atoms with van der Waals surface area (Å²) < 4.78 is 6.19. The van der Waals surface area contributed by atoms with Crippen molar-refractivity contribution in [3.05, 3.63) is 10.8 Å². The molecule has 0 aromatic carbocycles. The minimum Gasteiger partial charge on any atom is -0.477 e. The number of hydrazine groups is 1. The van der Waals surface area contributed by atoms with Gasteiger partial charge in [-0.05, 0) is 34.7 Å². The lowest BCUT2D eigenvalue weighted by Gasteiger charge is -2.09. The highest BCUT2D eigenvalue weighted by atomic mass is 79.9. The maximum absolute atomic E-state index is 5.54. The van der Waals surface area contributed by atoms with Gasteiger partial charge in [-0.1, -0.05) is 13.8 Å². The molecule has 16 heavy (non-hydrogen) atoms. The first-order valence-corrected chi connectivity index (χ1v) is 6.04. The third kappa shape index (κ3) is 3.94. The first-order chi connectivity index (χ1) is 7.65. The van der Waals surface area contributed by atoms with E-state index in [2.05, 4.69) is 45.2 Å². The summed E-state index contributed by atoms with van der Waals surface area (Å²) in [6, 6.07) is 0. The smallest absolute Gasteiger partial charge is 0.233 e. The Morgan fingerprint density at radius 1 is 1.50 bits per heavy atom. The van der Waals surface area contributed by atoms with Crippen molar-refractivity contribution < 1.29 is 4.74 Å². The molecule has 6 heteroatoms. The van der Waals surface area contributed by atoms with Crippen LogP contribution in [0.25, 0.3) is 0 Å². The fourth-order valence-electron chi connectivity index (χ4n) is 1.22. The van der Waals surface area contributed by atoms with Crippen molar-refractivity contribution >= 4 is 21.7 Å². The van der Waals surface area contributed by atoms with E-state index in [0.29, 0.717) is 28.7 Å². The van der Waals surface area contributed by atoms with Gasteiger partial charge < -0.3 is 10.2 Å². The summed E-state index contributed by atoms with van der Waals surface area (Å²) in [6.45, 7) is 5.03. The van der Waals surface area contributed by atoms with Gasteiger partial charge in [-0.25, -0.2) is 15.8 Å². The Labute approximate surface area is 104 Å². The molecule has 0 saturated heterocycles. The quantitative estimate of drug-likeness (QED) is 0.478. The molecular formula is C10H17BrN4O. The van der Waals surface area contributed by atoms with Crippen molar-refractivity contribution in [2.24, 2.45) is 11.8 Å². The molecule has 1 rings (SSSR count). The Bertz CT molecular complexity index is 333. The van der Waals surface area contributed by atoms with Gasteiger partial charge in [-0.3, -0.25) is 0 Å². The molecule has 1 heterocycles. The van der Waals surface area contributed by atoms with Gasteiger partial charge in [0.05, 0.1) is 6.61 Å². The number of rotatable bonds is 6. The van der Waals surface area contributed by atoms with Gasteiger partial charge in [0.1, 0.15) is 10.8 Å². The topological polar surface area (TPSA) is 73.1 Å². The molecule has 0 saturated carbocycles. The molecule has 1 aromatic heterocycles. The predicted molar refractivity (Wildman–Crippen MR) is 67.1 cm³/mol. The van der Waals surface area contributed by atoms with E-state index in [1.54, 1.807) is 0 Å². The highest BCUT2D eigenvalue weighted by Crippen LogP contribution is 2.27. The second-order valence-electron chi connectivity index (χ2n) is 3.87. The first kappa shape index (κ1) is 13.2. The molecular weight excluding hydrogens is 272 g/mol. The number of nitrogen functional groups attached to an aromatic ring is 1. The van der Waals surface area contributed by atoms with Gasteiger partial charge in [0.25, 0.3) is 0 Å². The second-order valence-corrected chi connectivity index (χ2v) is 4.66. The minimum absolute atomic E-state index is 0.520. The van der Waals surface area contributed by atoms with Crippen LogP contribution in [0.4, 0.5) is 5.82 Å². The lowest BCUT2D eigenvalue weighted by atomic mass is 10.1. The number of nitrogens with two attached hydrogens (primary N) is 1. The Morgan fingerprint density at radius 3 is 2.88 bits per heavy atom. The molecule has 0 spiro atoms. The third-order valence-electron chi connectivity index (χ3n) is 2.06. The number of aromatic nitrogens is 2. The fraction of sp³-hybridized carbons (Fsp3) is 0.600. The summed E-state index contributed by atoms with van der Waals surface area (Å²) in [5, 5.41) is 0. The molecule has 3 N–H and O–H groups in total. The largest absolute Gasteiger partial charge is 0.477 e. The monoisotopic (exact) mass is 288 g/mol. The van der Waals surface area contributed by atoms with Crippen LogP contribution in [-0.4, -0.2) is 16.6 Å². The van der Waals surface area contributed by atoms with Gasteiger partial charge in [-0.15, -0.1) is 0 Å². The van der Waals surface area contributed by atoms with E-state index in [1.807, 2.05) is 0 Å². The molecule has 5 nitrogen and oxygen atoms in total. The van der Waals surface area contributed by atoms with Gasteiger partial charge in [0.15, 0.2) is 5.82 Å². The molecule has 0 amide bonds. The molecule has 0 unspecified atom stereocenters. The van der Waals surface area contributed by atoms with Crippen LogP contribution in [0, 0.1) is 5.92 Å². The molecule has 0 fully saturated rings. The van der Waals surface area contributed by atoms with Crippen LogP contribution >= 0.6 is 15.9 Å². The van der Waals surface area contributed by atoms with Gasteiger partial charge in [0.2, 0.25) is 5.88 Å². The molecule has 0 atom stereocenters. The molecule has 0 radical (unpaired) electrons. The Morgan fingerprint density at radius 2 is 2.25 bits per heavy atom. The third-order valence-corrected chi connectivity index (χ3v) is 2.77. The van der Waals surface area contributed by atoms with Crippen LogP contribution in [0.3, 0.4) is 0 Å². The van der Waals surface area contributed by atoms with E-state index in [-0.39, 0.29) is 0 Å². The molecule has 0 aliphatic heterocycles. The Kier molecular flexibility index (Phi) is 5.48. The summed E-state index contributed by atoms with van der Waals surface area (Å²) in [4.78, 5) is 7.97. The zero-order valence-corrected chi connectivity index (χ0v) is 11.1. The standard InChI is InChI=1S/C10H17BrN4O/c1-7(2)4-3-5-16-10-8(11)9(15-12)13-6-14-10/h6-7H,3-5,12H2,1-2H3,(H,13,14,15). The normalized spacial score (nSPS) is 10.6. The number of ether oxygens (including phenoxy) is 1. The van der Waals surface area contributed by atoms with Crippen molar-refractivity contribution in [3.8, 4) is 5.88 Å². The number of hydrogen-bond donors (Lipinski definition) is 2. The van der Waals surface area contributed by atoms with E-state index in [4.69, 9.17) is 10.6 Å². The average molecular weight is 289 g/mol.